The predicted molar refractivity (Wildman–Crippen MR) is 202 cm³/mol. The van der Waals surface area contributed by atoms with Gasteiger partial charge < -0.3 is 19.3 Å². The summed E-state index contributed by atoms with van der Waals surface area (Å²) < 4.78 is 95.2. The molecule has 0 saturated carbocycles. The number of sulfonamides is 1. The van der Waals surface area contributed by atoms with Gasteiger partial charge in [-0.3, -0.25) is 0 Å². The minimum Gasteiger partial charge on any atom is -0.497 e. The molecule has 11 nitrogen and oxygen atoms in total. The molecule has 5 aromatic carbocycles. The summed E-state index contributed by atoms with van der Waals surface area (Å²) >= 11 is 0. The van der Waals surface area contributed by atoms with Crippen LogP contribution < -0.4 is 14.2 Å². The van der Waals surface area contributed by atoms with E-state index in [0.29, 0.717) is 51.5 Å². The third-order valence-electron chi connectivity index (χ3n) is 9.80. The smallest absolute Gasteiger partial charge is 0.417 e. The number of hydrogen-bond donors (Lipinski definition) is 1. The van der Waals surface area contributed by atoms with E-state index in [4.69, 9.17) is 14.2 Å². The predicted octanol–water partition coefficient (Wildman–Crippen LogP) is 6.95. The summed E-state index contributed by atoms with van der Waals surface area (Å²) in [5.74, 6) is 1.45. The Hall–Kier alpha value is -5.77. The highest BCUT2D eigenvalue weighted by Crippen LogP contribution is 2.47. The number of rotatable bonds is 13. The molecule has 1 aliphatic rings. The van der Waals surface area contributed by atoms with E-state index in [0.717, 1.165) is 15.9 Å². The maximum atomic E-state index is 15.4. The summed E-state index contributed by atoms with van der Waals surface area (Å²) in [5, 5.41) is 22.9. The van der Waals surface area contributed by atoms with Crippen molar-refractivity contribution in [2.75, 3.05) is 21.3 Å². The van der Waals surface area contributed by atoms with Gasteiger partial charge in [0, 0.05) is 18.7 Å². The van der Waals surface area contributed by atoms with Crippen LogP contribution in [0.2, 0.25) is 0 Å². The Balaban J connectivity index is 1.49. The van der Waals surface area contributed by atoms with Crippen LogP contribution >= 0.6 is 0 Å². The molecule has 1 atom stereocenters. The van der Waals surface area contributed by atoms with Gasteiger partial charge in [-0.2, -0.15) is 17.5 Å². The minimum atomic E-state index is -5.12. The number of tetrazole rings is 1. The zero-order chi connectivity index (χ0) is 39.6. The highest BCUT2D eigenvalue weighted by molar-refractivity contribution is 7.89. The van der Waals surface area contributed by atoms with Crippen LogP contribution in [0.5, 0.6) is 17.2 Å². The van der Waals surface area contributed by atoms with Crippen LogP contribution in [0.25, 0.3) is 22.5 Å². The van der Waals surface area contributed by atoms with E-state index in [-0.39, 0.29) is 43.0 Å². The van der Waals surface area contributed by atoms with Gasteiger partial charge in [0.2, 0.25) is 10.0 Å². The Morgan fingerprint density at radius 3 is 1.84 bits per heavy atom. The lowest BCUT2D eigenvalue weighted by molar-refractivity contribution is -0.139. The first-order valence-corrected chi connectivity index (χ1v) is 19.0. The van der Waals surface area contributed by atoms with Crippen molar-refractivity contribution in [3.05, 3.63) is 137 Å². The number of ether oxygens (including phenoxy) is 3. The van der Waals surface area contributed by atoms with Crippen molar-refractivity contribution in [2.45, 2.75) is 49.7 Å². The minimum absolute atomic E-state index is 0.00543. The summed E-state index contributed by atoms with van der Waals surface area (Å²) in [7, 11) is -0.564. The number of benzene rings is 5. The molecule has 6 aromatic rings. The van der Waals surface area contributed by atoms with Gasteiger partial charge in [0.05, 0.1) is 39.5 Å². The van der Waals surface area contributed by atoms with Gasteiger partial charge in [-0.25, -0.2) is 13.1 Å². The van der Waals surface area contributed by atoms with E-state index in [9.17, 15) is 5.11 Å². The molecule has 1 unspecified atom stereocenters. The van der Waals surface area contributed by atoms with Crippen molar-refractivity contribution >= 4 is 10.0 Å². The van der Waals surface area contributed by atoms with E-state index in [1.54, 1.807) is 84.9 Å². The van der Waals surface area contributed by atoms with Crippen LogP contribution in [-0.2, 0) is 48.7 Å². The summed E-state index contributed by atoms with van der Waals surface area (Å²) in [6.45, 7) is -0.583. The number of alkyl halides is 3. The highest BCUT2D eigenvalue weighted by Gasteiger charge is 2.43. The molecule has 0 fully saturated rings. The second kappa shape index (κ2) is 15.8. The molecule has 1 N–H and O–H groups in total. The number of aromatic nitrogens is 4. The van der Waals surface area contributed by atoms with Gasteiger partial charge in [-0.15, -0.1) is 5.10 Å². The molecule has 0 radical (unpaired) electrons. The largest absolute Gasteiger partial charge is 0.497 e. The number of methoxy groups -OCH3 is 3. The number of nitrogens with zero attached hydrogens (tertiary/aromatic N) is 5. The Morgan fingerprint density at radius 2 is 1.30 bits per heavy atom. The van der Waals surface area contributed by atoms with Crippen molar-refractivity contribution in [1.29, 1.82) is 0 Å². The maximum absolute atomic E-state index is 15.4. The van der Waals surface area contributed by atoms with Crippen molar-refractivity contribution < 1.29 is 40.9 Å². The molecule has 290 valence electrons. The fraction of sp³-hybridized carbons (Fsp3) is 0.244. The first-order valence-electron chi connectivity index (χ1n) is 17.6. The summed E-state index contributed by atoms with van der Waals surface area (Å²) in [6, 6.07) is 27.5. The number of halogens is 3. The molecule has 0 aliphatic heterocycles. The quantitative estimate of drug-likeness (QED) is 0.132. The zero-order valence-corrected chi connectivity index (χ0v) is 31.5. The molecule has 0 spiro atoms. The van der Waals surface area contributed by atoms with Gasteiger partial charge in [0.1, 0.15) is 22.1 Å². The maximum Gasteiger partial charge on any atom is 0.417 e. The molecule has 15 heteroatoms. The zero-order valence-electron chi connectivity index (χ0n) is 30.7. The van der Waals surface area contributed by atoms with Crippen molar-refractivity contribution in [2.24, 2.45) is 0 Å². The molecule has 0 amide bonds. The molecule has 1 aliphatic carbocycles. The first-order chi connectivity index (χ1) is 26.9. The Morgan fingerprint density at radius 1 is 0.750 bits per heavy atom. The van der Waals surface area contributed by atoms with Gasteiger partial charge in [0.25, 0.3) is 0 Å². The van der Waals surface area contributed by atoms with Crippen LogP contribution in [0.4, 0.5) is 13.2 Å². The molecular formula is C41H38F3N5O6S. The second-order valence-electron chi connectivity index (χ2n) is 13.3. The third kappa shape index (κ3) is 7.83. The van der Waals surface area contributed by atoms with Crippen molar-refractivity contribution in [3.8, 4) is 39.8 Å². The van der Waals surface area contributed by atoms with E-state index in [1.165, 1.54) is 32.1 Å². The monoisotopic (exact) mass is 785 g/mol. The molecular weight excluding hydrogens is 748 g/mol. The third-order valence-corrected chi connectivity index (χ3v) is 11.7. The fourth-order valence-electron chi connectivity index (χ4n) is 7.02. The summed E-state index contributed by atoms with van der Waals surface area (Å²) in [5.41, 5.74) is 2.15. The molecule has 1 heterocycles. The van der Waals surface area contributed by atoms with E-state index >= 15 is 21.6 Å². The Kier molecular flexibility index (Phi) is 10.8. The first kappa shape index (κ1) is 38.5. The second-order valence-corrected chi connectivity index (χ2v) is 15.2. The number of fused-ring (bicyclic) bond motifs is 1. The van der Waals surface area contributed by atoms with Crippen molar-refractivity contribution in [3.63, 3.8) is 0 Å². The van der Waals surface area contributed by atoms with Gasteiger partial charge in [-0.1, -0.05) is 60.7 Å². The molecule has 0 bridgehead atoms. The molecule has 7 rings (SSSR count). The molecule has 56 heavy (non-hydrogen) atoms. The van der Waals surface area contributed by atoms with Gasteiger partial charge in [0.15, 0.2) is 5.82 Å². The number of aliphatic hydroxyl groups is 1. The Bertz CT molecular complexity index is 2390. The van der Waals surface area contributed by atoms with Crippen LogP contribution in [0, 0.1) is 0 Å². The summed E-state index contributed by atoms with van der Waals surface area (Å²) in [4.78, 5) is -0.994. The van der Waals surface area contributed by atoms with Gasteiger partial charge in [-0.05, 0) is 105 Å². The lowest BCUT2D eigenvalue weighted by Gasteiger charge is -2.27. The average molecular weight is 786 g/mol. The topological polar surface area (TPSA) is 129 Å². The molecule has 0 saturated heterocycles. The van der Waals surface area contributed by atoms with Crippen LogP contribution in [-0.4, -0.2) is 65.5 Å². The van der Waals surface area contributed by atoms with Crippen LogP contribution in [0.1, 0.15) is 33.4 Å². The number of hydrogen-bond acceptors (Lipinski definition) is 9. The highest BCUT2D eigenvalue weighted by atomic mass is 32.2. The average Bonchev–Trinajstić information content (AvgIpc) is 3.82. The van der Waals surface area contributed by atoms with E-state index in [2.05, 4.69) is 15.5 Å². The normalized spacial score (nSPS) is 14.2. The summed E-state index contributed by atoms with van der Waals surface area (Å²) in [6.07, 6.45) is -5.26. The lowest BCUT2D eigenvalue weighted by atomic mass is 9.91. The van der Waals surface area contributed by atoms with Crippen LogP contribution in [0.3, 0.4) is 0 Å². The SMILES string of the molecule is COc1ccc(CN(Cc2ccc(OC)cc2)S(=O)(=O)c2c(C(F)(F)F)ccc(-c3cccc4c3CC(O)C4)c2-c2nnnn2Cc2ccc(OC)cc2)cc1. The number of aliphatic hydroxyl groups excluding tert-OH is 1. The fourth-order valence-corrected chi connectivity index (χ4v) is 8.84. The lowest BCUT2D eigenvalue weighted by Crippen LogP contribution is -2.32. The van der Waals surface area contributed by atoms with Crippen molar-refractivity contribution in [1.82, 2.24) is 24.5 Å². The van der Waals surface area contributed by atoms with Crippen LogP contribution in [0.15, 0.2) is 108 Å². The van der Waals surface area contributed by atoms with E-state index < -0.39 is 32.8 Å². The standard InChI is InChI=1S/C41H38F3N5O6S/c1-53-31-13-7-26(8-14-31)23-48(24-27-9-15-32(54-2)16-10-27)56(51,52)39-37(41(42,43)44)20-19-35(34-6-4-5-29-21-30(50)22-36(29)34)38(39)40-45-46-47-49(40)25-28-11-17-33(55-3)18-12-28/h4-20,30,50H,21-25H2,1-3H3. The Labute approximate surface area is 321 Å². The molecule has 1 aromatic heterocycles. The van der Waals surface area contributed by atoms with E-state index in [1.807, 2.05) is 6.07 Å². The van der Waals surface area contributed by atoms with Gasteiger partial charge >= 0.3 is 6.18 Å².